The molecule has 0 spiro atoms. The van der Waals surface area contributed by atoms with Crippen molar-refractivity contribution in [1.82, 2.24) is 4.90 Å². The van der Waals surface area contributed by atoms with Crippen LogP contribution in [-0.4, -0.2) is 44.0 Å². The van der Waals surface area contributed by atoms with E-state index >= 15 is 0 Å². The van der Waals surface area contributed by atoms with Gasteiger partial charge < -0.3 is 19.7 Å². The SMILES string of the molecule is COc1ccc(/C=C/C(=O)N2CCCC(C(=O)Nc3ccccc3)C2)c(OC)c1. The van der Waals surface area contributed by atoms with E-state index in [0.29, 0.717) is 24.6 Å². The summed E-state index contributed by atoms with van der Waals surface area (Å²) in [5, 5.41) is 2.93. The fourth-order valence-corrected chi connectivity index (χ4v) is 3.38. The molecule has 2 aromatic rings. The Kier molecular flexibility index (Phi) is 6.89. The van der Waals surface area contributed by atoms with Gasteiger partial charge in [-0.05, 0) is 43.2 Å². The van der Waals surface area contributed by atoms with Gasteiger partial charge in [0.25, 0.3) is 0 Å². The molecular weight excluding hydrogens is 368 g/mol. The zero-order valence-electron chi connectivity index (χ0n) is 16.8. The van der Waals surface area contributed by atoms with Crippen LogP contribution in [0.4, 0.5) is 5.69 Å². The number of anilines is 1. The van der Waals surface area contributed by atoms with E-state index in [-0.39, 0.29) is 17.7 Å². The summed E-state index contributed by atoms with van der Waals surface area (Å²) in [6.45, 7) is 1.07. The summed E-state index contributed by atoms with van der Waals surface area (Å²) in [6, 6.07) is 14.8. The third-order valence-corrected chi connectivity index (χ3v) is 4.99. The van der Waals surface area contributed by atoms with Crippen molar-refractivity contribution in [2.75, 3.05) is 32.6 Å². The topological polar surface area (TPSA) is 67.9 Å². The summed E-state index contributed by atoms with van der Waals surface area (Å²) >= 11 is 0. The highest BCUT2D eigenvalue weighted by Crippen LogP contribution is 2.26. The number of hydrogen-bond acceptors (Lipinski definition) is 4. The van der Waals surface area contributed by atoms with E-state index in [1.54, 1.807) is 31.3 Å². The Balaban J connectivity index is 1.62. The van der Waals surface area contributed by atoms with Crippen molar-refractivity contribution in [3.63, 3.8) is 0 Å². The second-order valence-electron chi connectivity index (χ2n) is 6.92. The van der Waals surface area contributed by atoms with E-state index < -0.39 is 0 Å². The van der Waals surface area contributed by atoms with Crippen LogP contribution in [0.1, 0.15) is 18.4 Å². The Morgan fingerprint density at radius 1 is 1.10 bits per heavy atom. The molecule has 29 heavy (non-hydrogen) atoms. The number of para-hydroxylation sites is 1. The van der Waals surface area contributed by atoms with Crippen LogP contribution in [0.5, 0.6) is 11.5 Å². The summed E-state index contributed by atoms with van der Waals surface area (Å²) in [6.07, 6.45) is 4.84. The van der Waals surface area contributed by atoms with Gasteiger partial charge in [-0.25, -0.2) is 0 Å². The molecule has 1 atom stereocenters. The summed E-state index contributed by atoms with van der Waals surface area (Å²) in [5.41, 5.74) is 1.56. The number of hydrogen-bond donors (Lipinski definition) is 1. The maximum Gasteiger partial charge on any atom is 0.246 e. The molecule has 2 aromatic carbocycles. The molecule has 1 heterocycles. The molecule has 1 N–H and O–H groups in total. The van der Waals surface area contributed by atoms with Gasteiger partial charge in [0.2, 0.25) is 11.8 Å². The number of ether oxygens (including phenoxy) is 2. The van der Waals surface area contributed by atoms with Crippen molar-refractivity contribution in [2.45, 2.75) is 12.8 Å². The fraction of sp³-hybridized carbons (Fsp3) is 0.304. The Hall–Kier alpha value is -3.28. The molecule has 0 aromatic heterocycles. The molecule has 3 rings (SSSR count). The number of carbonyl (C=O) groups is 2. The van der Waals surface area contributed by atoms with Crippen molar-refractivity contribution in [2.24, 2.45) is 5.92 Å². The number of rotatable bonds is 6. The Morgan fingerprint density at radius 3 is 2.62 bits per heavy atom. The normalized spacial score (nSPS) is 16.5. The molecular formula is C23H26N2O4. The molecule has 2 amide bonds. The van der Waals surface area contributed by atoms with E-state index in [0.717, 1.165) is 24.1 Å². The monoisotopic (exact) mass is 394 g/mol. The van der Waals surface area contributed by atoms with E-state index in [1.807, 2.05) is 42.5 Å². The van der Waals surface area contributed by atoms with Gasteiger partial charge in [0.1, 0.15) is 11.5 Å². The molecule has 152 valence electrons. The Bertz CT molecular complexity index is 880. The number of nitrogens with zero attached hydrogens (tertiary/aromatic N) is 1. The minimum Gasteiger partial charge on any atom is -0.497 e. The minimum atomic E-state index is -0.211. The van der Waals surface area contributed by atoms with E-state index in [1.165, 1.54) is 6.08 Å². The molecule has 1 fully saturated rings. The number of piperidine rings is 1. The van der Waals surface area contributed by atoms with Crippen molar-refractivity contribution >= 4 is 23.6 Å². The smallest absolute Gasteiger partial charge is 0.246 e. The van der Waals surface area contributed by atoms with Gasteiger partial charge in [-0.3, -0.25) is 9.59 Å². The molecule has 1 aliphatic rings. The van der Waals surface area contributed by atoms with Gasteiger partial charge in [-0.15, -0.1) is 0 Å². The average Bonchev–Trinajstić information content (AvgIpc) is 2.78. The first kappa shape index (κ1) is 20.5. The maximum atomic E-state index is 12.7. The Labute approximate surface area is 171 Å². The summed E-state index contributed by atoms with van der Waals surface area (Å²) in [5.74, 6) is 0.951. The standard InChI is InChI=1S/C23H26N2O4/c1-28-20-12-10-17(21(15-20)29-2)11-13-22(26)25-14-6-7-18(16-25)23(27)24-19-8-4-3-5-9-19/h3-5,8-13,15,18H,6-7,14,16H2,1-2H3,(H,24,27)/b13-11+. The Morgan fingerprint density at radius 2 is 1.90 bits per heavy atom. The van der Waals surface area contributed by atoms with Crippen LogP contribution in [-0.2, 0) is 9.59 Å². The average molecular weight is 394 g/mol. The molecule has 0 bridgehead atoms. The lowest BCUT2D eigenvalue weighted by Crippen LogP contribution is -2.43. The molecule has 0 saturated carbocycles. The number of methoxy groups -OCH3 is 2. The van der Waals surface area contributed by atoms with E-state index in [2.05, 4.69) is 5.32 Å². The molecule has 6 nitrogen and oxygen atoms in total. The highest BCUT2D eigenvalue weighted by atomic mass is 16.5. The van der Waals surface area contributed by atoms with Gasteiger partial charge in [0, 0.05) is 36.5 Å². The number of carbonyl (C=O) groups excluding carboxylic acids is 2. The third-order valence-electron chi connectivity index (χ3n) is 4.99. The first-order chi connectivity index (χ1) is 14.1. The second-order valence-corrected chi connectivity index (χ2v) is 6.92. The molecule has 1 unspecified atom stereocenters. The quantitative estimate of drug-likeness (QED) is 0.761. The number of nitrogens with one attached hydrogen (secondary N) is 1. The van der Waals surface area contributed by atoms with Gasteiger partial charge >= 0.3 is 0 Å². The summed E-state index contributed by atoms with van der Waals surface area (Å²) < 4.78 is 10.6. The lowest BCUT2D eigenvalue weighted by molar-refractivity contribution is -0.130. The van der Waals surface area contributed by atoms with Crippen LogP contribution >= 0.6 is 0 Å². The third kappa shape index (κ3) is 5.38. The maximum absolute atomic E-state index is 12.7. The van der Waals surface area contributed by atoms with Gasteiger partial charge in [0.05, 0.1) is 20.1 Å². The van der Waals surface area contributed by atoms with E-state index in [9.17, 15) is 9.59 Å². The fourth-order valence-electron chi connectivity index (χ4n) is 3.38. The number of likely N-dealkylation sites (tertiary alicyclic amines) is 1. The molecule has 1 aliphatic heterocycles. The van der Waals surface area contributed by atoms with Gasteiger partial charge in [-0.2, -0.15) is 0 Å². The predicted molar refractivity (Wildman–Crippen MR) is 113 cm³/mol. The largest absolute Gasteiger partial charge is 0.497 e. The van der Waals surface area contributed by atoms with E-state index in [4.69, 9.17) is 9.47 Å². The minimum absolute atomic E-state index is 0.0468. The molecule has 1 saturated heterocycles. The number of benzene rings is 2. The second kappa shape index (κ2) is 9.78. The predicted octanol–water partition coefficient (Wildman–Crippen LogP) is 3.59. The van der Waals surface area contributed by atoms with Crippen molar-refractivity contribution in [3.8, 4) is 11.5 Å². The lowest BCUT2D eigenvalue weighted by Gasteiger charge is -2.31. The van der Waals surface area contributed by atoms with Crippen LogP contribution in [0.3, 0.4) is 0 Å². The van der Waals surface area contributed by atoms with Crippen LogP contribution in [0.15, 0.2) is 54.6 Å². The molecule has 6 heteroatoms. The highest BCUT2D eigenvalue weighted by molar-refractivity contribution is 5.95. The van der Waals surface area contributed by atoms with Crippen molar-refractivity contribution in [1.29, 1.82) is 0 Å². The van der Waals surface area contributed by atoms with Crippen LogP contribution in [0.2, 0.25) is 0 Å². The van der Waals surface area contributed by atoms with Crippen molar-refractivity contribution in [3.05, 3.63) is 60.2 Å². The zero-order valence-corrected chi connectivity index (χ0v) is 16.8. The van der Waals surface area contributed by atoms with Crippen LogP contribution in [0, 0.1) is 5.92 Å². The highest BCUT2D eigenvalue weighted by Gasteiger charge is 2.27. The van der Waals surface area contributed by atoms with Gasteiger partial charge in [-0.1, -0.05) is 18.2 Å². The summed E-state index contributed by atoms with van der Waals surface area (Å²) in [7, 11) is 3.17. The zero-order chi connectivity index (χ0) is 20.6. The van der Waals surface area contributed by atoms with Crippen LogP contribution in [0.25, 0.3) is 6.08 Å². The van der Waals surface area contributed by atoms with Crippen molar-refractivity contribution < 1.29 is 19.1 Å². The first-order valence-corrected chi connectivity index (χ1v) is 9.65. The lowest BCUT2D eigenvalue weighted by atomic mass is 9.97. The summed E-state index contributed by atoms with van der Waals surface area (Å²) in [4.78, 5) is 27.0. The first-order valence-electron chi connectivity index (χ1n) is 9.65. The van der Waals surface area contributed by atoms with Gasteiger partial charge in [0.15, 0.2) is 0 Å². The molecule has 0 aliphatic carbocycles. The van der Waals surface area contributed by atoms with Crippen LogP contribution < -0.4 is 14.8 Å². The molecule has 0 radical (unpaired) electrons. The number of amides is 2.